The first-order valence-electron chi connectivity index (χ1n) is 28.5. The molecule has 0 aromatic carbocycles. The predicted molar refractivity (Wildman–Crippen MR) is 289 cm³/mol. The van der Waals surface area contributed by atoms with Crippen LogP contribution >= 0.6 is 0 Å². The normalized spacial score (nSPS) is 25.2. The molecule has 2 rings (SSSR count). The van der Waals surface area contributed by atoms with Gasteiger partial charge in [-0.3, -0.25) is 9.59 Å². The van der Waals surface area contributed by atoms with Crippen molar-refractivity contribution in [3.63, 3.8) is 0 Å². The van der Waals surface area contributed by atoms with Gasteiger partial charge in [0.2, 0.25) is 0 Å². The lowest BCUT2D eigenvalue weighted by Crippen LogP contribution is -2.61. The summed E-state index contributed by atoms with van der Waals surface area (Å²) in [5, 5.41) is 72.2. The van der Waals surface area contributed by atoms with Crippen LogP contribution < -0.4 is 0 Å². The number of unbranched alkanes of at least 4 members (excludes halogenated alkanes) is 18. The molecule has 0 spiro atoms. The molecule has 4 unspecified atom stereocenters. The molecule has 426 valence electrons. The predicted octanol–water partition coefficient (Wildman–Crippen LogP) is 9.38. The Morgan fingerprint density at radius 1 is 0.446 bits per heavy atom. The summed E-state index contributed by atoms with van der Waals surface area (Å²) >= 11 is 0. The summed E-state index contributed by atoms with van der Waals surface area (Å²) in [6, 6.07) is 0. The van der Waals surface area contributed by atoms with Crippen LogP contribution in [0.25, 0.3) is 0 Å². The van der Waals surface area contributed by atoms with Crippen LogP contribution in [-0.4, -0.2) is 142 Å². The fourth-order valence-corrected chi connectivity index (χ4v) is 8.52. The fourth-order valence-electron chi connectivity index (χ4n) is 8.52. The average Bonchev–Trinajstić information content (AvgIpc) is 3.39. The van der Waals surface area contributed by atoms with Crippen molar-refractivity contribution in [3.8, 4) is 0 Å². The zero-order valence-corrected chi connectivity index (χ0v) is 45.3. The third kappa shape index (κ3) is 31.9. The third-order valence-corrected chi connectivity index (χ3v) is 13.1. The van der Waals surface area contributed by atoms with Crippen LogP contribution in [0.5, 0.6) is 0 Å². The maximum absolute atomic E-state index is 13.0. The van der Waals surface area contributed by atoms with E-state index in [4.69, 9.17) is 28.4 Å². The largest absolute Gasteiger partial charge is 0.462 e. The Morgan fingerprint density at radius 2 is 0.878 bits per heavy atom. The van der Waals surface area contributed by atoms with E-state index in [1.54, 1.807) is 0 Å². The molecule has 7 N–H and O–H groups in total. The number of aliphatic hydroxyl groups is 7. The third-order valence-electron chi connectivity index (χ3n) is 13.1. The second kappa shape index (κ2) is 45.0. The maximum atomic E-state index is 13.0. The average molecular weight is 1050 g/mol. The highest BCUT2D eigenvalue weighted by Crippen LogP contribution is 2.26. The van der Waals surface area contributed by atoms with Crippen LogP contribution in [0.2, 0.25) is 0 Å². The first kappa shape index (κ1) is 67.1. The van der Waals surface area contributed by atoms with Crippen LogP contribution in [0, 0.1) is 0 Å². The second-order valence-corrected chi connectivity index (χ2v) is 19.7. The standard InChI is InChI=1S/C59H100O15/c1-3-5-7-9-11-13-15-17-19-20-21-22-23-24-25-26-28-29-31-33-35-37-39-41-50(61)69-44-47(72-51(62)42-40-38-36-34-32-30-27-18-16-14-12-10-8-6-4-2)45-70-58-57(68)55(66)53(64)49(74-58)46-71-59-56(67)54(65)52(63)48(43-60)73-59/h6,8,12,14,18,26-28,32-35,47-49,52-60,63-68H,3-5,7,9-11,13,15-17,19-25,29-31,36-46H2,1-2H3/b8-6+,14-12+,27-18+,28-26+,34-32+,35-33+/t47-,48+,49+,52-,53-,54?,55?,56?,57?,58+,59+/m0/s1. The van der Waals surface area contributed by atoms with E-state index in [0.717, 1.165) is 57.8 Å². The van der Waals surface area contributed by atoms with E-state index in [1.807, 2.05) is 0 Å². The van der Waals surface area contributed by atoms with Crippen LogP contribution in [0.4, 0.5) is 0 Å². The van der Waals surface area contributed by atoms with E-state index in [0.29, 0.717) is 19.3 Å². The number of aliphatic hydroxyl groups excluding tert-OH is 7. The number of esters is 2. The van der Waals surface area contributed by atoms with Gasteiger partial charge in [0.05, 0.1) is 19.8 Å². The Bertz CT molecular complexity index is 1560. The van der Waals surface area contributed by atoms with Crippen molar-refractivity contribution >= 4 is 11.9 Å². The van der Waals surface area contributed by atoms with Crippen molar-refractivity contribution in [3.05, 3.63) is 72.9 Å². The van der Waals surface area contributed by atoms with Crippen LogP contribution in [0.3, 0.4) is 0 Å². The molecule has 0 aromatic rings. The minimum atomic E-state index is -1.78. The van der Waals surface area contributed by atoms with Crippen molar-refractivity contribution in [1.82, 2.24) is 0 Å². The Hall–Kier alpha value is -3.06. The molecule has 2 heterocycles. The molecule has 11 atom stereocenters. The minimum absolute atomic E-state index is 0.102. The molecule has 74 heavy (non-hydrogen) atoms. The molecule has 2 aliphatic rings. The molecule has 0 radical (unpaired) electrons. The molecular formula is C59H100O15. The smallest absolute Gasteiger partial charge is 0.306 e. The number of hydrogen-bond acceptors (Lipinski definition) is 15. The Balaban J connectivity index is 1.77. The van der Waals surface area contributed by atoms with Crippen molar-refractivity contribution in [2.24, 2.45) is 0 Å². The van der Waals surface area contributed by atoms with E-state index < -0.39 is 99.3 Å². The van der Waals surface area contributed by atoms with Gasteiger partial charge in [0, 0.05) is 12.8 Å². The number of allylic oxidation sites excluding steroid dienone is 12. The van der Waals surface area contributed by atoms with Crippen LogP contribution in [0.1, 0.15) is 194 Å². The zero-order chi connectivity index (χ0) is 53.9. The topological polar surface area (TPSA) is 231 Å². The van der Waals surface area contributed by atoms with Gasteiger partial charge in [-0.2, -0.15) is 0 Å². The minimum Gasteiger partial charge on any atom is -0.462 e. The van der Waals surface area contributed by atoms with Gasteiger partial charge in [0.25, 0.3) is 0 Å². The quantitative estimate of drug-likeness (QED) is 0.0171. The summed E-state index contributed by atoms with van der Waals surface area (Å²) in [5.41, 5.74) is 0. The molecule has 0 saturated carbocycles. The molecule has 0 aliphatic carbocycles. The number of carbonyl (C=O) groups is 2. The van der Waals surface area contributed by atoms with E-state index in [-0.39, 0.29) is 19.4 Å². The van der Waals surface area contributed by atoms with Gasteiger partial charge in [-0.25, -0.2) is 0 Å². The summed E-state index contributed by atoms with van der Waals surface area (Å²) in [6.07, 6.45) is 38.1. The summed E-state index contributed by atoms with van der Waals surface area (Å²) < 4.78 is 33.5. The van der Waals surface area contributed by atoms with Gasteiger partial charge >= 0.3 is 11.9 Å². The SMILES string of the molecule is CC/C=C/C/C=C/C/C=C/C/C=C/CCCCC(=O)O[C@@H](COC(=O)CCC/C=C/CC/C=C/CCCCCCCCCCCCCCCC)CO[C@@H]1O[C@H](CO[C@@H]2O[C@H](CO)[C@H](O)C(O)C2O)[C@H](O)C(O)C1O. The van der Waals surface area contributed by atoms with Crippen molar-refractivity contribution < 1.29 is 73.8 Å². The van der Waals surface area contributed by atoms with Gasteiger partial charge in [0.15, 0.2) is 18.7 Å². The van der Waals surface area contributed by atoms with Crippen molar-refractivity contribution in [2.45, 2.75) is 261 Å². The van der Waals surface area contributed by atoms with Gasteiger partial charge < -0.3 is 64.2 Å². The Morgan fingerprint density at radius 3 is 1.43 bits per heavy atom. The van der Waals surface area contributed by atoms with Crippen LogP contribution in [-0.2, 0) is 38.0 Å². The molecule has 15 nitrogen and oxygen atoms in total. The maximum Gasteiger partial charge on any atom is 0.306 e. The summed E-state index contributed by atoms with van der Waals surface area (Å²) in [7, 11) is 0. The van der Waals surface area contributed by atoms with Gasteiger partial charge in [0.1, 0.15) is 55.4 Å². The van der Waals surface area contributed by atoms with E-state index in [9.17, 15) is 45.3 Å². The number of carbonyl (C=O) groups excluding carboxylic acids is 2. The lowest BCUT2D eigenvalue weighted by molar-refractivity contribution is -0.332. The molecule has 0 bridgehead atoms. The molecule has 15 heteroatoms. The lowest BCUT2D eigenvalue weighted by atomic mass is 9.98. The molecule has 2 fully saturated rings. The zero-order valence-electron chi connectivity index (χ0n) is 45.3. The molecule has 2 saturated heterocycles. The van der Waals surface area contributed by atoms with E-state index >= 15 is 0 Å². The van der Waals surface area contributed by atoms with Crippen molar-refractivity contribution in [2.75, 3.05) is 26.4 Å². The first-order chi connectivity index (χ1) is 36.0. The summed E-state index contributed by atoms with van der Waals surface area (Å²) in [5.74, 6) is -1.03. The fraction of sp³-hybridized carbons (Fsp3) is 0.763. The monoisotopic (exact) mass is 1050 g/mol. The second-order valence-electron chi connectivity index (χ2n) is 19.7. The molecular weight excluding hydrogens is 949 g/mol. The Labute approximate surface area is 444 Å². The summed E-state index contributed by atoms with van der Waals surface area (Å²) in [4.78, 5) is 25.8. The van der Waals surface area contributed by atoms with E-state index in [2.05, 4.69) is 86.8 Å². The highest BCUT2D eigenvalue weighted by atomic mass is 16.7. The molecule has 2 aliphatic heterocycles. The van der Waals surface area contributed by atoms with Gasteiger partial charge in [-0.05, 0) is 83.5 Å². The lowest BCUT2D eigenvalue weighted by Gasteiger charge is -2.42. The first-order valence-corrected chi connectivity index (χ1v) is 28.5. The molecule has 0 aromatic heterocycles. The highest BCUT2D eigenvalue weighted by Gasteiger charge is 2.47. The number of ether oxygens (including phenoxy) is 6. The Kier molecular flexibility index (Phi) is 40.8. The number of rotatable bonds is 44. The van der Waals surface area contributed by atoms with Gasteiger partial charge in [-0.15, -0.1) is 0 Å². The number of hydrogen-bond donors (Lipinski definition) is 7. The van der Waals surface area contributed by atoms with Crippen LogP contribution in [0.15, 0.2) is 72.9 Å². The molecule has 0 amide bonds. The van der Waals surface area contributed by atoms with E-state index in [1.165, 1.54) is 89.9 Å². The summed E-state index contributed by atoms with van der Waals surface area (Å²) in [6.45, 7) is 2.40. The van der Waals surface area contributed by atoms with Gasteiger partial charge in [-0.1, -0.05) is 170 Å². The van der Waals surface area contributed by atoms with Crippen molar-refractivity contribution in [1.29, 1.82) is 0 Å². The highest BCUT2D eigenvalue weighted by molar-refractivity contribution is 5.70.